The fraction of sp³-hybridized carbons (Fsp3) is 0.500. The van der Waals surface area contributed by atoms with Crippen LogP contribution in [-0.2, 0) is 26.2 Å². The molecule has 1 fully saturated rings. The van der Waals surface area contributed by atoms with E-state index < -0.39 is 22.0 Å². The number of carboxylic acids is 1. The lowest BCUT2D eigenvalue weighted by molar-refractivity contribution is -0.150. The van der Waals surface area contributed by atoms with Crippen molar-refractivity contribution < 1.29 is 23.1 Å². The van der Waals surface area contributed by atoms with Crippen molar-refractivity contribution in [2.75, 3.05) is 18.8 Å². The summed E-state index contributed by atoms with van der Waals surface area (Å²) < 4.78 is 24.9. The minimum Gasteiger partial charge on any atom is -0.480 e. The second-order valence-electron chi connectivity index (χ2n) is 5.84. The first-order chi connectivity index (χ1) is 11.3. The molecular weight excluding hydrogens is 332 g/mol. The van der Waals surface area contributed by atoms with Crippen LogP contribution in [0, 0.1) is 0 Å². The van der Waals surface area contributed by atoms with E-state index in [2.05, 4.69) is 0 Å². The van der Waals surface area contributed by atoms with Gasteiger partial charge in [0.25, 0.3) is 0 Å². The van der Waals surface area contributed by atoms with Crippen LogP contribution in [0.15, 0.2) is 30.3 Å². The molecule has 2 rings (SSSR count). The molecule has 7 nitrogen and oxygen atoms in total. The van der Waals surface area contributed by atoms with Gasteiger partial charge >= 0.3 is 5.97 Å². The minimum absolute atomic E-state index is 0.0241. The van der Waals surface area contributed by atoms with Crippen LogP contribution in [0.4, 0.5) is 0 Å². The highest BCUT2D eigenvalue weighted by atomic mass is 32.2. The van der Waals surface area contributed by atoms with Crippen molar-refractivity contribution in [3.8, 4) is 0 Å². The van der Waals surface area contributed by atoms with E-state index in [4.69, 9.17) is 0 Å². The molecule has 1 saturated heterocycles. The Balaban J connectivity index is 2.05. The number of carbonyl (C=O) groups excluding carboxylic acids is 1. The number of benzene rings is 1. The highest BCUT2D eigenvalue weighted by molar-refractivity contribution is 7.89. The van der Waals surface area contributed by atoms with Crippen molar-refractivity contribution in [1.82, 2.24) is 9.21 Å². The number of rotatable bonds is 7. The van der Waals surface area contributed by atoms with Gasteiger partial charge in [-0.1, -0.05) is 30.3 Å². The van der Waals surface area contributed by atoms with Crippen molar-refractivity contribution >= 4 is 21.9 Å². The van der Waals surface area contributed by atoms with Crippen molar-refractivity contribution in [3.05, 3.63) is 35.9 Å². The van der Waals surface area contributed by atoms with Gasteiger partial charge in [0.1, 0.15) is 6.04 Å². The molecule has 0 aliphatic carbocycles. The van der Waals surface area contributed by atoms with Crippen LogP contribution in [0.25, 0.3) is 0 Å². The van der Waals surface area contributed by atoms with Gasteiger partial charge in [0.15, 0.2) is 0 Å². The van der Waals surface area contributed by atoms with E-state index in [1.807, 2.05) is 30.3 Å². The first-order valence-corrected chi connectivity index (χ1v) is 9.46. The van der Waals surface area contributed by atoms with Gasteiger partial charge in [0.2, 0.25) is 15.9 Å². The number of aliphatic carboxylic acids is 1. The van der Waals surface area contributed by atoms with E-state index in [0.717, 1.165) is 5.56 Å². The lowest BCUT2D eigenvalue weighted by Gasteiger charge is -2.27. The van der Waals surface area contributed by atoms with Crippen LogP contribution in [0.2, 0.25) is 0 Å². The number of carboxylic acid groups (broad SMARTS) is 1. The van der Waals surface area contributed by atoms with Crippen LogP contribution in [0.5, 0.6) is 0 Å². The quantitative estimate of drug-likeness (QED) is 0.785. The zero-order valence-corrected chi connectivity index (χ0v) is 14.4. The van der Waals surface area contributed by atoms with E-state index in [9.17, 15) is 23.1 Å². The van der Waals surface area contributed by atoms with E-state index in [1.54, 1.807) is 0 Å². The Bertz CT molecular complexity index is 690. The van der Waals surface area contributed by atoms with Crippen molar-refractivity contribution in [2.45, 2.75) is 32.4 Å². The number of hydrogen-bond donors (Lipinski definition) is 1. The van der Waals surface area contributed by atoms with Crippen molar-refractivity contribution in [2.24, 2.45) is 0 Å². The number of nitrogens with zero attached hydrogens (tertiary/aromatic N) is 2. The molecule has 1 N–H and O–H groups in total. The van der Waals surface area contributed by atoms with Crippen LogP contribution >= 0.6 is 0 Å². The predicted octanol–water partition coefficient (Wildman–Crippen LogP) is 0.914. The molecule has 1 unspecified atom stereocenters. The maximum Gasteiger partial charge on any atom is 0.326 e. The summed E-state index contributed by atoms with van der Waals surface area (Å²) in [6, 6.07) is 8.14. The Hall–Kier alpha value is -1.93. The Morgan fingerprint density at radius 2 is 1.96 bits per heavy atom. The molecule has 8 heteroatoms. The Morgan fingerprint density at radius 3 is 2.50 bits per heavy atom. The third-order valence-corrected chi connectivity index (χ3v) is 6.08. The molecule has 1 heterocycles. The maximum absolute atomic E-state index is 12.5. The summed E-state index contributed by atoms with van der Waals surface area (Å²) >= 11 is 0. The fourth-order valence-corrected chi connectivity index (χ4v) is 4.19. The van der Waals surface area contributed by atoms with Crippen LogP contribution < -0.4 is 0 Å². The first kappa shape index (κ1) is 18.4. The third-order valence-electron chi connectivity index (χ3n) is 4.12. The van der Waals surface area contributed by atoms with E-state index in [-0.39, 0.29) is 31.2 Å². The average Bonchev–Trinajstić information content (AvgIpc) is 2.89. The molecule has 1 aromatic carbocycles. The molecule has 0 spiro atoms. The number of sulfonamides is 1. The normalized spacial score (nSPS) is 18.2. The second kappa shape index (κ2) is 7.76. The highest BCUT2D eigenvalue weighted by Crippen LogP contribution is 2.15. The Labute approximate surface area is 141 Å². The van der Waals surface area contributed by atoms with Gasteiger partial charge in [-0.3, -0.25) is 4.79 Å². The summed E-state index contributed by atoms with van der Waals surface area (Å²) in [5.41, 5.74) is 0.827. The molecule has 24 heavy (non-hydrogen) atoms. The summed E-state index contributed by atoms with van der Waals surface area (Å²) in [6.07, 6.45) is 0.541. The van der Waals surface area contributed by atoms with Gasteiger partial charge in [-0.05, 0) is 18.9 Å². The van der Waals surface area contributed by atoms with Gasteiger partial charge < -0.3 is 10.0 Å². The summed E-state index contributed by atoms with van der Waals surface area (Å²) in [5.74, 6) is -1.34. The molecule has 1 atom stereocenters. The second-order valence-corrected chi connectivity index (χ2v) is 7.93. The summed E-state index contributed by atoms with van der Waals surface area (Å²) in [4.78, 5) is 25.1. The average molecular weight is 354 g/mol. The smallest absolute Gasteiger partial charge is 0.326 e. The number of amides is 1. The van der Waals surface area contributed by atoms with Gasteiger partial charge in [-0.25, -0.2) is 17.5 Å². The van der Waals surface area contributed by atoms with Crippen molar-refractivity contribution in [1.29, 1.82) is 0 Å². The van der Waals surface area contributed by atoms with Crippen molar-refractivity contribution in [3.63, 3.8) is 0 Å². The van der Waals surface area contributed by atoms with E-state index in [0.29, 0.717) is 13.0 Å². The summed E-state index contributed by atoms with van der Waals surface area (Å²) in [6.45, 7) is 2.15. The van der Waals surface area contributed by atoms with E-state index >= 15 is 0 Å². The minimum atomic E-state index is -3.26. The first-order valence-electron chi connectivity index (χ1n) is 7.85. The SMILES string of the molecule is CC(C(=O)O)N(Cc1ccccc1)C(=O)CCN1CCCS1(=O)=O. The van der Waals surface area contributed by atoms with Gasteiger partial charge in [-0.2, -0.15) is 0 Å². The predicted molar refractivity (Wildman–Crippen MR) is 88.7 cm³/mol. The molecule has 1 aliphatic rings. The molecular formula is C16H22N2O5S. The summed E-state index contributed by atoms with van der Waals surface area (Å²) in [5, 5.41) is 9.24. The van der Waals surface area contributed by atoms with Gasteiger partial charge in [-0.15, -0.1) is 0 Å². The number of hydrogen-bond acceptors (Lipinski definition) is 4. The third kappa shape index (κ3) is 4.55. The molecule has 1 amide bonds. The standard InChI is InChI=1S/C16H22N2O5S/c1-13(16(20)21)18(12-14-6-3-2-4-7-14)15(19)8-10-17-9-5-11-24(17,22)23/h2-4,6-7,13H,5,8-12H2,1H3,(H,20,21). The zero-order valence-electron chi connectivity index (χ0n) is 13.6. The van der Waals surface area contributed by atoms with Crippen LogP contribution in [0.3, 0.4) is 0 Å². The maximum atomic E-state index is 12.5. The summed E-state index contributed by atoms with van der Waals surface area (Å²) in [7, 11) is -3.26. The van der Waals surface area contributed by atoms with Gasteiger partial charge in [0, 0.05) is 26.1 Å². The molecule has 0 saturated carbocycles. The topological polar surface area (TPSA) is 95.0 Å². The fourth-order valence-electron chi connectivity index (χ4n) is 2.66. The van der Waals surface area contributed by atoms with Gasteiger partial charge in [0.05, 0.1) is 5.75 Å². The molecule has 1 aliphatic heterocycles. The lowest BCUT2D eigenvalue weighted by atomic mass is 10.1. The molecule has 1 aromatic rings. The molecule has 132 valence electrons. The molecule has 0 aromatic heterocycles. The Morgan fingerprint density at radius 1 is 1.29 bits per heavy atom. The molecule has 0 bridgehead atoms. The monoisotopic (exact) mass is 354 g/mol. The largest absolute Gasteiger partial charge is 0.480 e. The molecule has 0 radical (unpaired) electrons. The van der Waals surface area contributed by atoms with Crippen LogP contribution in [-0.4, -0.2) is 59.5 Å². The Kier molecular flexibility index (Phi) is 5.95. The van der Waals surface area contributed by atoms with E-state index in [1.165, 1.54) is 16.1 Å². The number of carbonyl (C=O) groups is 2. The zero-order chi connectivity index (χ0) is 17.7. The van der Waals surface area contributed by atoms with Crippen LogP contribution in [0.1, 0.15) is 25.3 Å². The highest BCUT2D eigenvalue weighted by Gasteiger charge is 2.30. The lowest BCUT2D eigenvalue weighted by Crippen LogP contribution is -2.44.